The molecular formula is C22H24FNO4S. The van der Waals surface area contributed by atoms with E-state index in [-0.39, 0.29) is 24.5 Å². The number of carbonyl (C=O) groups excluding carboxylic acids is 2. The Balaban J connectivity index is 1.80. The predicted octanol–water partition coefficient (Wildman–Crippen LogP) is 5.04. The van der Waals surface area contributed by atoms with Crippen LogP contribution < -0.4 is 5.32 Å². The van der Waals surface area contributed by atoms with Crippen LogP contribution in [-0.4, -0.2) is 22.8 Å². The Labute approximate surface area is 172 Å². The molecule has 1 aliphatic carbocycles. The van der Waals surface area contributed by atoms with Gasteiger partial charge in [-0.15, -0.1) is 11.3 Å². The summed E-state index contributed by atoms with van der Waals surface area (Å²) in [6, 6.07) is 7.07. The number of thiophene rings is 1. The third kappa shape index (κ3) is 5.09. The molecule has 154 valence electrons. The fourth-order valence-corrected chi connectivity index (χ4v) is 5.02. The van der Waals surface area contributed by atoms with Crippen molar-refractivity contribution < 1.29 is 23.9 Å². The minimum atomic E-state index is -0.892. The standard InChI is InChI=1S/C22H24FNO4S/c1-2-16-11-17(20(28)14-5-7-15(23)8-6-14)21(29-16)24-18(25)12-22(13-19(26)27)9-3-4-10-22/h5-8,11H,2-4,9-10,12-13H2,1H3,(H,24,25)(H,26,27). The summed E-state index contributed by atoms with van der Waals surface area (Å²) >= 11 is 1.34. The second-order valence-electron chi connectivity index (χ2n) is 7.65. The van der Waals surface area contributed by atoms with E-state index in [9.17, 15) is 23.9 Å². The van der Waals surface area contributed by atoms with Gasteiger partial charge in [-0.05, 0) is 55.0 Å². The minimum Gasteiger partial charge on any atom is -0.481 e. The van der Waals surface area contributed by atoms with Crippen LogP contribution in [0.2, 0.25) is 0 Å². The summed E-state index contributed by atoms with van der Waals surface area (Å²) in [5.41, 5.74) is 0.216. The molecule has 5 nitrogen and oxygen atoms in total. The SMILES string of the molecule is CCc1cc(C(=O)c2ccc(F)cc2)c(NC(=O)CC2(CC(=O)O)CCCC2)s1. The van der Waals surface area contributed by atoms with E-state index >= 15 is 0 Å². The quantitative estimate of drug-likeness (QED) is 0.589. The van der Waals surface area contributed by atoms with Gasteiger partial charge in [-0.25, -0.2) is 4.39 Å². The van der Waals surface area contributed by atoms with Gasteiger partial charge in [-0.2, -0.15) is 0 Å². The number of ketones is 1. The second kappa shape index (κ2) is 8.86. The number of hydrogen-bond acceptors (Lipinski definition) is 4. The van der Waals surface area contributed by atoms with Gasteiger partial charge in [0.05, 0.1) is 12.0 Å². The number of benzene rings is 1. The molecule has 0 saturated heterocycles. The van der Waals surface area contributed by atoms with Crippen LogP contribution in [-0.2, 0) is 16.0 Å². The van der Waals surface area contributed by atoms with Crippen molar-refractivity contribution in [3.8, 4) is 0 Å². The zero-order valence-corrected chi connectivity index (χ0v) is 17.1. The van der Waals surface area contributed by atoms with E-state index in [2.05, 4.69) is 5.32 Å². The van der Waals surface area contributed by atoms with Crippen molar-refractivity contribution >= 4 is 34.0 Å². The molecule has 29 heavy (non-hydrogen) atoms. The Morgan fingerprint density at radius 1 is 1.14 bits per heavy atom. The van der Waals surface area contributed by atoms with Crippen molar-refractivity contribution in [1.82, 2.24) is 0 Å². The average molecular weight is 418 g/mol. The van der Waals surface area contributed by atoms with Gasteiger partial charge in [0, 0.05) is 16.9 Å². The summed E-state index contributed by atoms with van der Waals surface area (Å²) < 4.78 is 13.2. The highest BCUT2D eigenvalue weighted by molar-refractivity contribution is 7.16. The zero-order valence-electron chi connectivity index (χ0n) is 16.3. The number of halogens is 1. The molecule has 1 aromatic heterocycles. The fourth-order valence-electron chi connectivity index (χ4n) is 4.01. The van der Waals surface area contributed by atoms with E-state index in [1.807, 2.05) is 6.92 Å². The Bertz CT molecular complexity index is 913. The average Bonchev–Trinajstić information content (AvgIpc) is 3.28. The first-order chi connectivity index (χ1) is 13.8. The van der Waals surface area contributed by atoms with Crippen LogP contribution in [0.1, 0.15) is 66.2 Å². The maximum absolute atomic E-state index is 13.2. The third-order valence-corrected chi connectivity index (χ3v) is 6.66. The van der Waals surface area contributed by atoms with Crippen LogP contribution in [0, 0.1) is 11.2 Å². The first-order valence-electron chi connectivity index (χ1n) is 9.76. The van der Waals surface area contributed by atoms with Crippen LogP contribution in [0.5, 0.6) is 0 Å². The van der Waals surface area contributed by atoms with Gasteiger partial charge in [-0.1, -0.05) is 19.8 Å². The van der Waals surface area contributed by atoms with Crippen molar-refractivity contribution in [2.45, 2.75) is 51.9 Å². The monoisotopic (exact) mass is 417 g/mol. The molecule has 0 radical (unpaired) electrons. The zero-order chi connectivity index (χ0) is 21.0. The van der Waals surface area contributed by atoms with Crippen LogP contribution in [0.4, 0.5) is 9.39 Å². The first-order valence-corrected chi connectivity index (χ1v) is 10.6. The van der Waals surface area contributed by atoms with Crippen molar-refractivity contribution in [1.29, 1.82) is 0 Å². The van der Waals surface area contributed by atoms with Gasteiger partial charge in [0.15, 0.2) is 5.78 Å². The van der Waals surface area contributed by atoms with Crippen LogP contribution >= 0.6 is 11.3 Å². The van der Waals surface area contributed by atoms with Crippen LogP contribution in [0.3, 0.4) is 0 Å². The van der Waals surface area contributed by atoms with Crippen molar-refractivity contribution in [2.75, 3.05) is 5.32 Å². The number of amides is 1. The number of carboxylic acids is 1. The van der Waals surface area contributed by atoms with Gasteiger partial charge in [-0.3, -0.25) is 14.4 Å². The molecule has 3 rings (SSSR count). The van der Waals surface area contributed by atoms with E-state index in [1.54, 1.807) is 6.07 Å². The molecule has 1 aromatic carbocycles. The number of hydrogen-bond donors (Lipinski definition) is 2. The van der Waals surface area contributed by atoms with Gasteiger partial charge in [0.25, 0.3) is 0 Å². The second-order valence-corrected chi connectivity index (χ2v) is 8.78. The van der Waals surface area contributed by atoms with Crippen LogP contribution in [0.15, 0.2) is 30.3 Å². The maximum Gasteiger partial charge on any atom is 0.303 e. The molecule has 0 spiro atoms. The number of carbonyl (C=O) groups is 3. The first kappa shape index (κ1) is 21.2. The molecule has 1 fully saturated rings. The highest BCUT2D eigenvalue weighted by atomic mass is 32.1. The molecule has 7 heteroatoms. The van der Waals surface area contributed by atoms with Crippen molar-refractivity contribution in [3.63, 3.8) is 0 Å². The van der Waals surface area contributed by atoms with Gasteiger partial charge < -0.3 is 10.4 Å². The van der Waals surface area contributed by atoms with Gasteiger partial charge in [0.1, 0.15) is 10.8 Å². The number of rotatable bonds is 8. The molecule has 1 saturated carbocycles. The number of aliphatic carboxylic acids is 1. The third-order valence-electron chi connectivity index (χ3n) is 5.46. The number of nitrogens with one attached hydrogen (secondary N) is 1. The molecule has 0 atom stereocenters. The lowest BCUT2D eigenvalue weighted by molar-refractivity contribution is -0.140. The summed E-state index contributed by atoms with van der Waals surface area (Å²) in [6.07, 6.45) is 4.11. The Kier molecular flexibility index (Phi) is 6.47. The summed E-state index contributed by atoms with van der Waals surface area (Å²) in [5.74, 6) is -1.87. The molecule has 0 aliphatic heterocycles. The molecule has 0 bridgehead atoms. The predicted molar refractivity (Wildman–Crippen MR) is 110 cm³/mol. The Morgan fingerprint density at radius 2 is 1.79 bits per heavy atom. The topological polar surface area (TPSA) is 83.5 Å². The van der Waals surface area contributed by atoms with Crippen molar-refractivity contribution in [3.05, 3.63) is 52.2 Å². The van der Waals surface area contributed by atoms with Gasteiger partial charge >= 0.3 is 5.97 Å². The van der Waals surface area contributed by atoms with E-state index in [0.29, 0.717) is 22.5 Å². The summed E-state index contributed by atoms with van der Waals surface area (Å²) in [5, 5.41) is 12.5. The molecule has 1 amide bonds. The summed E-state index contributed by atoms with van der Waals surface area (Å²) in [7, 11) is 0. The number of aryl methyl sites for hydroxylation is 1. The minimum absolute atomic E-state index is 0.0214. The molecular weight excluding hydrogens is 393 g/mol. The Hall–Kier alpha value is -2.54. The summed E-state index contributed by atoms with van der Waals surface area (Å²) in [4.78, 5) is 37.9. The molecule has 0 unspecified atom stereocenters. The Morgan fingerprint density at radius 3 is 2.38 bits per heavy atom. The van der Waals surface area contributed by atoms with Crippen LogP contribution in [0.25, 0.3) is 0 Å². The van der Waals surface area contributed by atoms with E-state index in [4.69, 9.17) is 0 Å². The molecule has 1 aliphatic rings. The summed E-state index contributed by atoms with van der Waals surface area (Å²) in [6.45, 7) is 1.96. The largest absolute Gasteiger partial charge is 0.481 e. The molecule has 2 aromatic rings. The lowest BCUT2D eigenvalue weighted by Crippen LogP contribution is -2.27. The maximum atomic E-state index is 13.2. The highest BCUT2D eigenvalue weighted by Crippen LogP contribution is 2.44. The van der Waals surface area contributed by atoms with E-state index in [0.717, 1.165) is 30.6 Å². The lowest BCUT2D eigenvalue weighted by atomic mass is 9.79. The smallest absolute Gasteiger partial charge is 0.303 e. The molecule has 2 N–H and O–H groups in total. The van der Waals surface area contributed by atoms with Gasteiger partial charge in [0.2, 0.25) is 5.91 Å². The molecule has 1 heterocycles. The fraction of sp³-hybridized carbons (Fsp3) is 0.409. The number of anilines is 1. The normalized spacial score (nSPS) is 15.2. The highest BCUT2D eigenvalue weighted by Gasteiger charge is 2.38. The lowest BCUT2D eigenvalue weighted by Gasteiger charge is -2.26. The van der Waals surface area contributed by atoms with E-state index in [1.165, 1.54) is 35.6 Å². The van der Waals surface area contributed by atoms with Crippen molar-refractivity contribution in [2.24, 2.45) is 5.41 Å². The number of carboxylic acid groups (broad SMARTS) is 1. The van der Waals surface area contributed by atoms with E-state index < -0.39 is 17.2 Å².